The van der Waals surface area contributed by atoms with Crippen LogP contribution < -0.4 is 17.2 Å². The van der Waals surface area contributed by atoms with Gasteiger partial charge in [-0.3, -0.25) is 0 Å². The molecule has 0 aliphatic rings. The van der Waals surface area contributed by atoms with Crippen LogP contribution in [-0.4, -0.2) is 35.7 Å². The number of ether oxygens (including phenoxy) is 1. The Morgan fingerprint density at radius 3 is 2.40 bits per heavy atom. The smallest absolute Gasteiger partial charge is 0.479 e. The normalized spacial score (nSPS) is 12.9. The summed E-state index contributed by atoms with van der Waals surface area (Å²) in [6.07, 6.45) is -0.602. The van der Waals surface area contributed by atoms with Crippen molar-refractivity contribution in [2.45, 2.75) is 44.5 Å². The summed E-state index contributed by atoms with van der Waals surface area (Å²) in [6, 6.07) is 14.9. The average molecular weight is 505 g/mol. The van der Waals surface area contributed by atoms with E-state index in [0.717, 1.165) is 18.4 Å². The lowest BCUT2D eigenvalue weighted by atomic mass is 10.1. The van der Waals surface area contributed by atoms with Crippen LogP contribution in [-0.2, 0) is 34.5 Å². The first kappa shape index (κ1) is 27.9. The van der Waals surface area contributed by atoms with Gasteiger partial charge in [0.1, 0.15) is 6.61 Å². The first-order valence-electron chi connectivity index (χ1n) is 10.9. The maximum absolute atomic E-state index is 12.6. The molecule has 2 rings (SSSR count). The Morgan fingerprint density at radius 1 is 1.00 bits per heavy atom. The van der Waals surface area contributed by atoms with Crippen molar-refractivity contribution in [2.75, 3.05) is 6.54 Å². The van der Waals surface area contributed by atoms with E-state index in [-0.39, 0.29) is 30.2 Å². The fraction of sp³-hybridized carbons (Fsp3) is 0.348. The Morgan fingerprint density at radius 2 is 1.74 bits per heavy atom. The van der Waals surface area contributed by atoms with Crippen LogP contribution in [0.15, 0.2) is 59.6 Å². The van der Waals surface area contributed by atoms with Gasteiger partial charge in [0.15, 0.2) is 5.96 Å². The summed E-state index contributed by atoms with van der Waals surface area (Å²) in [5, 5.41) is 9.60. The third-order valence-electron chi connectivity index (χ3n) is 4.72. The van der Waals surface area contributed by atoms with E-state index >= 15 is 0 Å². The summed E-state index contributed by atoms with van der Waals surface area (Å²) in [5.74, 6) is -2.35. The van der Waals surface area contributed by atoms with Gasteiger partial charge in [-0.25, -0.2) is 14.6 Å². The molecule has 0 saturated heterocycles. The van der Waals surface area contributed by atoms with Crippen LogP contribution in [0.5, 0.6) is 0 Å². The minimum Gasteiger partial charge on any atom is -0.479 e. The van der Waals surface area contributed by atoms with Gasteiger partial charge in [0.05, 0.1) is 5.69 Å². The highest BCUT2D eigenvalue weighted by atomic mass is 31.1. The Labute approximate surface area is 204 Å². The summed E-state index contributed by atoms with van der Waals surface area (Å²) < 4.78 is 28.4. The first-order valence-corrected chi connectivity index (χ1v) is 12.0. The van der Waals surface area contributed by atoms with Crippen LogP contribution in [0.3, 0.4) is 0 Å². The molecule has 0 bridgehead atoms. The number of hydrogen-bond donors (Lipinski definition) is 4. The van der Waals surface area contributed by atoms with Gasteiger partial charge in [-0.2, -0.15) is 0 Å². The summed E-state index contributed by atoms with van der Waals surface area (Å²) in [4.78, 5) is 28.3. The molecule has 0 aromatic heterocycles. The summed E-state index contributed by atoms with van der Waals surface area (Å²) in [6.45, 7) is 0.510. The van der Waals surface area contributed by atoms with E-state index in [2.05, 4.69) is 4.99 Å². The number of unbranched alkanes of at least 4 members (excludes halogenated alkanes) is 2. The van der Waals surface area contributed by atoms with E-state index in [1.165, 1.54) is 18.2 Å². The topological polar surface area (TPSA) is 190 Å². The average Bonchev–Trinajstić information content (AvgIpc) is 2.83. The van der Waals surface area contributed by atoms with Gasteiger partial charge in [0, 0.05) is 4.57 Å². The second-order valence-corrected chi connectivity index (χ2v) is 8.37. The minimum absolute atomic E-state index is 0.00923. The first-order chi connectivity index (χ1) is 16.8. The number of esters is 1. The van der Waals surface area contributed by atoms with Crippen LogP contribution in [0.1, 0.15) is 42.9 Å². The Bertz CT molecular complexity index is 1020. The zero-order chi connectivity index (χ0) is 25.6. The van der Waals surface area contributed by atoms with Gasteiger partial charge in [-0.15, -0.1) is 4.52 Å². The molecular formula is C23H30N4O7P+. The van der Waals surface area contributed by atoms with Crippen molar-refractivity contribution in [2.24, 2.45) is 22.2 Å². The molecule has 12 heteroatoms. The van der Waals surface area contributed by atoms with Gasteiger partial charge < -0.3 is 27.0 Å². The van der Waals surface area contributed by atoms with Crippen LogP contribution in [0.4, 0.5) is 5.69 Å². The Hall–Kier alpha value is -3.37. The molecule has 188 valence electrons. The molecule has 2 aromatic carbocycles. The number of hydrogen-bond acceptors (Lipinski definition) is 8. The van der Waals surface area contributed by atoms with Gasteiger partial charge in [-0.1, -0.05) is 59.8 Å². The number of benzene rings is 2. The zero-order valence-corrected chi connectivity index (χ0v) is 20.0. The number of carboxylic acid groups (broad SMARTS) is 1. The fourth-order valence-corrected chi connectivity index (χ4v) is 3.89. The van der Waals surface area contributed by atoms with Crippen molar-refractivity contribution in [1.29, 1.82) is 0 Å². The lowest BCUT2D eigenvalue weighted by molar-refractivity contribution is -0.154. The Balaban J connectivity index is 2.08. The van der Waals surface area contributed by atoms with E-state index in [1.807, 2.05) is 18.2 Å². The van der Waals surface area contributed by atoms with Gasteiger partial charge in [-0.05, 0) is 42.6 Å². The molecular weight excluding hydrogens is 475 g/mol. The van der Waals surface area contributed by atoms with E-state index in [9.17, 15) is 19.3 Å². The molecule has 0 amide bonds. The van der Waals surface area contributed by atoms with Crippen molar-refractivity contribution in [1.82, 2.24) is 0 Å². The van der Waals surface area contributed by atoms with Crippen molar-refractivity contribution >= 4 is 31.8 Å². The molecule has 0 spiro atoms. The number of nitrogens with two attached hydrogens (primary N) is 3. The highest BCUT2D eigenvalue weighted by Gasteiger charge is 2.39. The van der Waals surface area contributed by atoms with Crippen molar-refractivity contribution < 1.29 is 33.0 Å². The van der Waals surface area contributed by atoms with E-state index < -0.39 is 32.4 Å². The van der Waals surface area contributed by atoms with Crippen molar-refractivity contribution in [3.05, 3.63) is 65.7 Å². The summed E-state index contributed by atoms with van der Waals surface area (Å²) >= 11 is 0. The molecule has 35 heavy (non-hydrogen) atoms. The molecule has 3 unspecified atom stereocenters. The molecule has 3 atom stereocenters. The fourth-order valence-electron chi connectivity index (χ4n) is 3.06. The molecule has 0 radical (unpaired) electrons. The number of aliphatic imine (C=N–C) groups is 1. The maximum atomic E-state index is 12.6. The molecule has 0 aliphatic heterocycles. The van der Waals surface area contributed by atoms with E-state index in [0.29, 0.717) is 13.0 Å². The molecule has 0 saturated carbocycles. The number of guanidine groups is 1. The van der Waals surface area contributed by atoms with Gasteiger partial charge in [0.25, 0.3) is 0 Å². The highest BCUT2D eigenvalue weighted by molar-refractivity contribution is 7.33. The van der Waals surface area contributed by atoms with E-state index in [1.54, 1.807) is 18.2 Å². The third-order valence-corrected chi connectivity index (χ3v) is 5.53. The lowest BCUT2D eigenvalue weighted by Crippen LogP contribution is -2.25. The quantitative estimate of drug-likeness (QED) is 0.0920. The van der Waals surface area contributed by atoms with Gasteiger partial charge >= 0.3 is 20.2 Å². The summed E-state index contributed by atoms with van der Waals surface area (Å²) in [7, 11) is -3.01. The van der Waals surface area contributed by atoms with Crippen molar-refractivity contribution in [3.63, 3.8) is 0 Å². The van der Waals surface area contributed by atoms with Gasteiger partial charge in [0.2, 0.25) is 12.2 Å². The third kappa shape index (κ3) is 10.2. The number of carboxylic acids is 1. The molecule has 2 aromatic rings. The second-order valence-electron chi connectivity index (χ2n) is 7.50. The molecule has 0 aliphatic carbocycles. The van der Waals surface area contributed by atoms with Crippen LogP contribution in [0.25, 0.3) is 0 Å². The predicted octanol–water partition coefficient (Wildman–Crippen LogP) is 3.04. The molecule has 11 nitrogen and oxygen atoms in total. The van der Waals surface area contributed by atoms with Crippen LogP contribution in [0.2, 0.25) is 0 Å². The lowest BCUT2D eigenvalue weighted by Gasteiger charge is -2.12. The van der Waals surface area contributed by atoms with Crippen LogP contribution in [0, 0.1) is 0 Å². The number of carbonyl (C=O) groups is 2. The summed E-state index contributed by atoms with van der Waals surface area (Å²) in [5.41, 5.74) is 17.4. The zero-order valence-electron chi connectivity index (χ0n) is 19.1. The number of nitrogens with zero attached hydrogens (tertiary/aromatic N) is 1. The SMILES string of the molecule is NCCCCCC(O[P+](=O)OC(C(=O)O)c1cccc(N=C(N)N)c1)C(=O)OCc1ccccc1. The molecule has 0 fully saturated rings. The molecule has 7 N–H and O–H groups in total. The largest absolute Gasteiger partial charge is 0.699 e. The number of rotatable bonds is 15. The van der Waals surface area contributed by atoms with Crippen molar-refractivity contribution in [3.8, 4) is 0 Å². The highest BCUT2D eigenvalue weighted by Crippen LogP contribution is 2.36. The second kappa shape index (κ2) is 14.8. The maximum Gasteiger partial charge on any atom is 0.699 e. The van der Waals surface area contributed by atoms with Crippen LogP contribution >= 0.6 is 8.25 Å². The monoisotopic (exact) mass is 505 g/mol. The van der Waals surface area contributed by atoms with E-state index in [4.69, 9.17) is 31.0 Å². The standard InChI is InChI=1S/C23H29N4O7P/c24-13-6-2-5-12-19(22(30)32-15-16-8-3-1-4-9-16)33-35(31)34-20(21(28)29)17-10-7-11-18(14-17)27-23(25)26/h1,3-4,7-11,14,19-20H,2,5-6,12-13,15,24H2,(H4-,25,26,27,28,29)/p+1. The number of aliphatic carboxylic acids is 1. The molecule has 0 heterocycles. The predicted molar refractivity (Wildman–Crippen MR) is 130 cm³/mol. The Kier molecular flexibility index (Phi) is 11.8. The minimum atomic E-state index is -3.01. The number of carbonyl (C=O) groups excluding carboxylic acids is 1.